The fourth-order valence-electron chi connectivity index (χ4n) is 1.89. The number of benzene rings is 2. The van der Waals surface area contributed by atoms with Gasteiger partial charge in [-0.25, -0.2) is 4.99 Å². The van der Waals surface area contributed by atoms with Crippen LogP contribution in [0, 0.1) is 0 Å². The van der Waals surface area contributed by atoms with E-state index < -0.39 is 10.5 Å². The van der Waals surface area contributed by atoms with Gasteiger partial charge in [0.2, 0.25) is 0 Å². The van der Waals surface area contributed by atoms with E-state index in [9.17, 15) is 5.11 Å². The number of amidine groups is 1. The number of aromatic hydroxyl groups is 1. The highest BCUT2D eigenvalue weighted by molar-refractivity contribution is 9.10. The van der Waals surface area contributed by atoms with Crippen molar-refractivity contribution in [3.8, 4) is 5.75 Å². The van der Waals surface area contributed by atoms with E-state index in [1.165, 1.54) is 0 Å². The van der Waals surface area contributed by atoms with Crippen LogP contribution in [0.2, 0.25) is 0 Å². The highest BCUT2D eigenvalue weighted by atomic mass is 79.9. The minimum absolute atomic E-state index is 0.243. The number of nitrogens with zero attached hydrogens (tertiary/aromatic N) is 1. The molecule has 1 heterocycles. The zero-order valence-electron chi connectivity index (χ0n) is 9.88. The molecule has 0 saturated heterocycles. The van der Waals surface area contributed by atoms with Gasteiger partial charge in [-0.3, -0.25) is 0 Å². The van der Waals surface area contributed by atoms with Gasteiger partial charge in [0.1, 0.15) is 5.75 Å². The number of aliphatic imine (C=N–C) groups is 1. The molecule has 5 heteroatoms. The second-order valence-corrected chi connectivity index (χ2v) is 6.76. The van der Waals surface area contributed by atoms with Crippen molar-refractivity contribution in [2.45, 2.75) is 4.90 Å². The number of phenolic OH excluding ortho intramolecular Hbond substituents is 1. The molecular weight excluding hydrogens is 324 g/mol. The molecule has 2 aromatic carbocycles. The lowest BCUT2D eigenvalue weighted by atomic mass is 10.2. The fourth-order valence-corrected chi connectivity index (χ4v) is 3.94. The topological polar surface area (TPSA) is 58.6 Å². The normalized spacial score (nSPS) is 17.3. The number of nitrogens with two attached hydrogens (primary N) is 1. The fraction of sp³-hybridized carbons (Fsp3) is 0. The van der Waals surface area contributed by atoms with Crippen LogP contribution < -0.4 is 5.73 Å². The van der Waals surface area contributed by atoms with Crippen molar-refractivity contribution in [2.75, 3.05) is 0 Å². The molecule has 1 aliphatic heterocycles. The summed E-state index contributed by atoms with van der Waals surface area (Å²) in [5.41, 5.74) is 7.67. The summed E-state index contributed by atoms with van der Waals surface area (Å²) >= 11 is 3.40. The first-order valence-corrected chi connectivity index (χ1v) is 7.73. The van der Waals surface area contributed by atoms with Gasteiger partial charge >= 0.3 is 0 Å². The van der Waals surface area contributed by atoms with Crippen LogP contribution in [0.15, 0.2) is 56.8 Å². The van der Waals surface area contributed by atoms with Gasteiger partial charge in [-0.05, 0) is 35.7 Å². The molecule has 0 saturated carbocycles. The van der Waals surface area contributed by atoms with E-state index in [0.29, 0.717) is 5.17 Å². The Morgan fingerprint density at radius 2 is 2.00 bits per heavy atom. The molecule has 0 aromatic heterocycles. The van der Waals surface area contributed by atoms with E-state index in [2.05, 4.69) is 20.9 Å². The third kappa shape index (κ3) is 2.31. The van der Waals surface area contributed by atoms with Gasteiger partial charge in [-0.2, -0.15) is 0 Å². The van der Waals surface area contributed by atoms with Crippen LogP contribution in [0.5, 0.6) is 5.75 Å². The Labute approximate surface area is 121 Å². The zero-order chi connectivity index (χ0) is 13.4. The molecule has 1 aliphatic rings. The molecule has 1 unspecified atom stereocenters. The molecule has 3 rings (SSSR count). The molecular formula is C14H11BrN2OS. The number of halogens is 1. The van der Waals surface area contributed by atoms with Crippen molar-refractivity contribution in [3.05, 3.63) is 52.5 Å². The average molecular weight is 335 g/mol. The molecule has 0 radical (unpaired) electrons. The lowest BCUT2D eigenvalue weighted by Gasteiger charge is -2.05. The Morgan fingerprint density at radius 3 is 2.84 bits per heavy atom. The van der Waals surface area contributed by atoms with Crippen LogP contribution in [-0.4, -0.2) is 15.6 Å². The summed E-state index contributed by atoms with van der Waals surface area (Å²) in [6.07, 6.45) is 0. The van der Waals surface area contributed by atoms with E-state index in [4.69, 9.17) is 5.73 Å². The van der Waals surface area contributed by atoms with Gasteiger partial charge in [-0.1, -0.05) is 38.5 Å². The van der Waals surface area contributed by atoms with Gasteiger partial charge in [0.15, 0.2) is 5.17 Å². The van der Waals surface area contributed by atoms with E-state index in [0.717, 1.165) is 20.6 Å². The van der Waals surface area contributed by atoms with E-state index in [1.807, 2.05) is 35.7 Å². The maximum absolute atomic E-state index is 9.90. The third-order valence-electron chi connectivity index (χ3n) is 2.79. The van der Waals surface area contributed by atoms with Crippen LogP contribution in [0.3, 0.4) is 0 Å². The Balaban J connectivity index is 2.15. The van der Waals surface area contributed by atoms with E-state index >= 15 is 0 Å². The first kappa shape index (κ1) is 12.4. The monoisotopic (exact) mass is 334 g/mol. The largest absolute Gasteiger partial charge is 0.507 e. The van der Waals surface area contributed by atoms with Gasteiger partial charge < -0.3 is 10.8 Å². The summed E-state index contributed by atoms with van der Waals surface area (Å²) in [6, 6.07) is 13.2. The van der Waals surface area contributed by atoms with Gasteiger partial charge in [0.25, 0.3) is 0 Å². The lowest BCUT2D eigenvalue weighted by molar-refractivity contribution is 0.474. The summed E-state index contributed by atoms with van der Waals surface area (Å²) in [7, 11) is -0.395. The molecule has 1 atom stereocenters. The molecule has 19 heavy (non-hydrogen) atoms. The first-order chi connectivity index (χ1) is 9.15. The maximum atomic E-state index is 9.90. The smallest absolute Gasteiger partial charge is 0.158 e. The van der Waals surface area contributed by atoms with Crippen LogP contribution in [-0.2, 0) is 0 Å². The van der Waals surface area contributed by atoms with E-state index in [1.54, 1.807) is 12.1 Å². The number of para-hydroxylation sites is 1. The van der Waals surface area contributed by atoms with Crippen molar-refractivity contribution >= 4 is 42.6 Å². The van der Waals surface area contributed by atoms with Crippen LogP contribution in [0.4, 0.5) is 5.69 Å². The number of rotatable bonds is 1. The second-order valence-electron chi connectivity index (χ2n) is 4.08. The Kier molecular flexibility index (Phi) is 3.16. The standard InChI is InChI=1S/C14H11BrN2OS/c15-10-5-6-12(18)9(7-10)8-19-13-4-2-1-3-11(13)17-14(19)16/h1-8,18H,(H2,16,17). The molecule has 0 aliphatic carbocycles. The minimum atomic E-state index is -0.395. The van der Waals surface area contributed by atoms with Gasteiger partial charge in [-0.15, -0.1) is 0 Å². The van der Waals surface area contributed by atoms with Crippen LogP contribution in [0.25, 0.3) is 0 Å². The summed E-state index contributed by atoms with van der Waals surface area (Å²) in [4.78, 5) is 5.46. The van der Waals surface area contributed by atoms with Gasteiger partial charge in [0, 0.05) is 14.9 Å². The second kappa shape index (κ2) is 4.83. The van der Waals surface area contributed by atoms with Crippen molar-refractivity contribution in [2.24, 2.45) is 10.7 Å². The van der Waals surface area contributed by atoms with Crippen LogP contribution >= 0.6 is 26.4 Å². The molecule has 2 aromatic rings. The number of hydrogen-bond donors (Lipinski definition) is 2. The molecule has 3 nitrogen and oxygen atoms in total. The lowest BCUT2D eigenvalue weighted by Crippen LogP contribution is -2.06. The Morgan fingerprint density at radius 1 is 1.21 bits per heavy atom. The quantitative estimate of drug-likeness (QED) is 0.783. The Bertz CT molecular complexity index is 725. The summed E-state index contributed by atoms with van der Waals surface area (Å²) in [6.45, 7) is 0. The number of hydrogen-bond acceptors (Lipinski definition) is 3. The molecule has 3 N–H and O–H groups in total. The van der Waals surface area contributed by atoms with Gasteiger partial charge in [0.05, 0.1) is 5.69 Å². The van der Waals surface area contributed by atoms with E-state index in [-0.39, 0.29) is 5.75 Å². The predicted octanol–water partition coefficient (Wildman–Crippen LogP) is 3.59. The first-order valence-electron chi connectivity index (χ1n) is 5.65. The third-order valence-corrected chi connectivity index (χ3v) is 5.14. The molecule has 0 amide bonds. The Hall–Kier alpha value is -1.59. The average Bonchev–Trinajstić information content (AvgIpc) is 2.71. The van der Waals surface area contributed by atoms with Crippen molar-refractivity contribution in [1.29, 1.82) is 0 Å². The summed E-state index contributed by atoms with van der Waals surface area (Å²) < 4.78 is 0.920. The maximum Gasteiger partial charge on any atom is 0.158 e. The minimum Gasteiger partial charge on any atom is -0.507 e. The molecule has 96 valence electrons. The molecule has 0 bridgehead atoms. The van der Waals surface area contributed by atoms with Crippen molar-refractivity contribution in [3.63, 3.8) is 0 Å². The number of fused-ring (bicyclic) bond motifs is 1. The highest BCUT2D eigenvalue weighted by Gasteiger charge is 2.17. The van der Waals surface area contributed by atoms with Crippen molar-refractivity contribution in [1.82, 2.24) is 0 Å². The summed E-state index contributed by atoms with van der Waals surface area (Å²) in [5, 5.41) is 12.4. The molecule has 0 spiro atoms. The highest BCUT2D eigenvalue weighted by Crippen LogP contribution is 2.42. The molecule has 0 fully saturated rings. The SMILES string of the molecule is NC1=Nc2ccccc2S1=Cc1cc(Br)ccc1O. The van der Waals surface area contributed by atoms with Crippen molar-refractivity contribution < 1.29 is 5.11 Å². The predicted molar refractivity (Wildman–Crippen MR) is 84.6 cm³/mol. The zero-order valence-corrected chi connectivity index (χ0v) is 12.3. The van der Waals surface area contributed by atoms with Crippen LogP contribution in [0.1, 0.15) is 5.56 Å². The summed E-state index contributed by atoms with van der Waals surface area (Å²) in [5.74, 6) is 0.243. The number of phenols is 1.